The van der Waals surface area contributed by atoms with E-state index in [0.29, 0.717) is 0 Å². The molecule has 3 rings (SSSR count). The third kappa shape index (κ3) is 2.93. The minimum atomic E-state index is -0.842. The molecule has 0 aromatic heterocycles. The molecular formula is C16H13F2NOS. The zero-order valence-corrected chi connectivity index (χ0v) is 11.9. The highest BCUT2D eigenvalue weighted by Crippen LogP contribution is 2.35. The van der Waals surface area contributed by atoms with Crippen LogP contribution in [0.4, 0.5) is 8.78 Å². The number of hydrogen-bond acceptors (Lipinski definition) is 2. The molecule has 0 saturated heterocycles. The molecule has 1 aliphatic rings. The molecule has 1 atom stereocenters. The smallest absolute Gasteiger partial charge is 0.254 e. The maximum Gasteiger partial charge on any atom is 0.254 e. The number of carbonyl (C=O) groups is 1. The average Bonchev–Trinajstić information content (AvgIpc) is 2.47. The minimum absolute atomic E-state index is 0.132. The fourth-order valence-corrected chi connectivity index (χ4v) is 3.53. The lowest BCUT2D eigenvalue weighted by molar-refractivity contribution is 0.0931. The summed E-state index contributed by atoms with van der Waals surface area (Å²) in [5, 5.41) is 2.84. The van der Waals surface area contributed by atoms with Crippen LogP contribution in [0.2, 0.25) is 0 Å². The van der Waals surface area contributed by atoms with Crippen molar-refractivity contribution in [1.29, 1.82) is 0 Å². The molecule has 0 fully saturated rings. The van der Waals surface area contributed by atoms with E-state index >= 15 is 0 Å². The molecule has 0 aliphatic carbocycles. The molecule has 21 heavy (non-hydrogen) atoms. The van der Waals surface area contributed by atoms with E-state index in [9.17, 15) is 13.6 Å². The van der Waals surface area contributed by atoms with E-state index in [2.05, 4.69) is 5.32 Å². The molecule has 0 saturated carbocycles. The molecule has 0 radical (unpaired) electrons. The minimum Gasteiger partial charge on any atom is -0.345 e. The van der Waals surface area contributed by atoms with Gasteiger partial charge in [-0.2, -0.15) is 0 Å². The Labute approximate surface area is 125 Å². The van der Waals surface area contributed by atoms with E-state index < -0.39 is 17.5 Å². The summed E-state index contributed by atoms with van der Waals surface area (Å²) in [6, 6.07) is 10.7. The molecule has 1 amide bonds. The number of carbonyl (C=O) groups excluding carboxylic acids is 1. The van der Waals surface area contributed by atoms with E-state index in [1.54, 1.807) is 11.8 Å². The lowest BCUT2D eigenvalue weighted by Gasteiger charge is -2.25. The zero-order chi connectivity index (χ0) is 14.8. The number of benzene rings is 2. The van der Waals surface area contributed by atoms with Gasteiger partial charge in [-0.25, -0.2) is 8.78 Å². The lowest BCUT2D eigenvalue weighted by Crippen LogP contribution is -2.31. The third-order valence-electron chi connectivity index (χ3n) is 3.44. The monoisotopic (exact) mass is 305 g/mol. The van der Waals surface area contributed by atoms with Crippen LogP contribution in [-0.4, -0.2) is 11.7 Å². The van der Waals surface area contributed by atoms with E-state index in [1.165, 1.54) is 6.07 Å². The van der Waals surface area contributed by atoms with Crippen LogP contribution in [-0.2, 0) is 0 Å². The number of thioether (sulfide) groups is 1. The molecule has 5 heteroatoms. The van der Waals surface area contributed by atoms with Crippen LogP contribution in [0.25, 0.3) is 0 Å². The van der Waals surface area contributed by atoms with Crippen molar-refractivity contribution < 1.29 is 13.6 Å². The van der Waals surface area contributed by atoms with Crippen molar-refractivity contribution in [2.24, 2.45) is 0 Å². The van der Waals surface area contributed by atoms with Crippen LogP contribution >= 0.6 is 11.8 Å². The Bertz CT molecular complexity index is 690. The highest BCUT2D eigenvalue weighted by molar-refractivity contribution is 7.99. The van der Waals surface area contributed by atoms with Crippen LogP contribution < -0.4 is 5.32 Å². The summed E-state index contributed by atoms with van der Waals surface area (Å²) in [5.74, 6) is -1.15. The topological polar surface area (TPSA) is 29.1 Å². The van der Waals surface area contributed by atoms with Gasteiger partial charge in [-0.1, -0.05) is 18.2 Å². The van der Waals surface area contributed by atoms with Gasteiger partial charge >= 0.3 is 0 Å². The van der Waals surface area contributed by atoms with E-state index in [0.717, 1.165) is 34.8 Å². The zero-order valence-electron chi connectivity index (χ0n) is 11.1. The molecule has 1 heterocycles. The first-order valence-electron chi connectivity index (χ1n) is 6.63. The Hall–Kier alpha value is -1.88. The first-order valence-corrected chi connectivity index (χ1v) is 7.61. The number of nitrogens with one attached hydrogen (secondary N) is 1. The van der Waals surface area contributed by atoms with Crippen LogP contribution in [0, 0.1) is 11.6 Å². The van der Waals surface area contributed by atoms with Crippen molar-refractivity contribution in [1.82, 2.24) is 5.32 Å². The molecule has 108 valence electrons. The van der Waals surface area contributed by atoms with Crippen LogP contribution in [0.1, 0.15) is 28.4 Å². The lowest BCUT2D eigenvalue weighted by atomic mass is 10.0. The molecule has 0 unspecified atom stereocenters. The Kier molecular flexibility index (Phi) is 3.92. The molecule has 2 aromatic carbocycles. The quantitative estimate of drug-likeness (QED) is 0.911. The Morgan fingerprint density at radius 2 is 2.00 bits per heavy atom. The average molecular weight is 305 g/mol. The largest absolute Gasteiger partial charge is 0.345 e. The first kappa shape index (κ1) is 14.1. The Balaban J connectivity index is 1.83. The van der Waals surface area contributed by atoms with Gasteiger partial charge < -0.3 is 5.32 Å². The van der Waals surface area contributed by atoms with Gasteiger partial charge in [0, 0.05) is 16.7 Å². The number of amides is 1. The van der Waals surface area contributed by atoms with E-state index in [1.807, 2.05) is 24.3 Å². The number of hydrogen-bond donors (Lipinski definition) is 1. The van der Waals surface area contributed by atoms with Gasteiger partial charge in [0.2, 0.25) is 0 Å². The van der Waals surface area contributed by atoms with Crippen molar-refractivity contribution in [3.63, 3.8) is 0 Å². The van der Waals surface area contributed by atoms with Crippen LogP contribution in [0.3, 0.4) is 0 Å². The van der Waals surface area contributed by atoms with Gasteiger partial charge in [-0.3, -0.25) is 4.79 Å². The van der Waals surface area contributed by atoms with Gasteiger partial charge in [0.25, 0.3) is 5.91 Å². The summed E-state index contributed by atoms with van der Waals surface area (Å²) in [7, 11) is 0. The van der Waals surface area contributed by atoms with Crippen LogP contribution in [0.5, 0.6) is 0 Å². The standard InChI is InChI=1S/C16H13F2NOS/c17-10-5-6-11(13(18)9-10)16(20)19-14-7-8-21-15-4-2-1-3-12(14)15/h1-6,9,14H,7-8H2,(H,19,20)/t14-/m1/s1. The summed E-state index contributed by atoms with van der Waals surface area (Å²) in [6.45, 7) is 0. The summed E-state index contributed by atoms with van der Waals surface area (Å²) >= 11 is 1.75. The van der Waals surface area contributed by atoms with Gasteiger partial charge in [0.15, 0.2) is 0 Å². The fourth-order valence-electron chi connectivity index (χ4n) is 2.40. The predicted molar refractivity (Wildman–Crippen MR) is 78.3 cm³/mol. The SMILES string of the molecule is O=C(N[C@@H]1CCSc2ccccc21)c1ccc(F)cc1F. The Morgan fingerprint density at radius 3 is 2.81 bits per heavy atom. The number of rotatable bonds is 2. The second-order valence-corrected chi connectivity index (χ2v) is 5.96. The number of fused-ring (bicyclic) bond motifs is 1. The van der Waals surface area contributed by atoms with Crippen molar-refractivity contribution in [2.75, 3.05) is 5.75 Å². The predicted octanol–water partition coefficient (Wildman–Crippen LogP) is 3.93. The normalized spacial score (nSPS) is 17.1. The number of halogens is 2. The molecule has 0 bridgehead atoms. The molecule has 0 spiro atoms. The summed E-state index contributed by atoms with van der Waals surface area (Å²) < 4.78 is 26.5. The third-order valence-corrected chi connectivity index (χ3v) is 4.56. The molecule has 2 aromatic rings. The highest BCUT2D eigenvalue weighted by Gasteiger charge is 2.23. The maximum atomic E-state index is 13.6. The first-order chi connectivity index (χ1) is 10.1. The second kappa shape index (κ2) is 5.85. The van der Waals surface area contributed by atoms with Crippen molar-refractivity contribution in [2.45, 2.75) is 17.4 Å². The summed E-state index contributed by atoms with van der Waals surface area (Å²) in [5.41, 5.74) is 0.914. The molecular weight excluding hydrogens is 292 g/mol. The second-order valence-electron chi connectivity index (χ2n) is 4.83. The molecule has 2 nitrogen and oxygen atoms in total. The van der Waals surface area contributed by atoms with Crippen molar-refractivity contribution in [3.05, 3.63) is 65.2 Å². The van der Waals surface area contributed by atoms with Crippen LogP contribution in [0.15, 0.2) is 47.4 Å². The van der Waals surface area contributed by atoms with Gasteiger partial charge in [0.05, 0.1) is 11.6 Å². The Morgan fingerprint density at radius 1 is 1.19 bits per heavy atom. The van der Waals surface area contributed by atoms with E-state index in [-0.39, 0.29) is 11.6 Å². The fraction of sp³-hybridized carbons (Fsp3) is 0.188. The highest BCUT2D eigenvalue weighted by atomic mass is 32.2. The van der Waals surface area contributed by atoms with Crippen molar-refractivity contribution >= 4 is 17.7 Å². The maximum absolute atomic E-state index is 13.6. The van der Waals surface area contributed by atoms with E-state index in [4.69, 9.17) is 0 Å². The van der Waals surface area contributed by atoms with Gasteiger partial charge in [-0.05, 0) is 30.2 Å². The molecule has 1 aliphatic heterocycles. The van der Waals surface area contributed by atoms with Gasteiger partial charge in [-0.15, -0.1) is 11.8 Å². The summed E-state index contributed by atoms with van der Waals surface area (Å²) in [4.78, 5) is 13.3. The summed E-state index contributed by atoms with van der Waals surface area (Å²) in [6.07, 6.45) is 0.788. The van der Waals surface area contributed by atoms with Gasteiger partial charge in [0.1, 0.15) is 11.6 Å². The van der Waals surface area contributed by atoms with Crippen molar-refractivity contribution in [3.8, 4) is 0 Å². The molecule has 1 N–H and O–H groups in total.